The molecular weight excluding hydrogens is 388 g/mol. The smallest absolute Gasteiger partial charge is 0.264 e. The Labute approximate surface area is 172 Å². The number of rotatable bonds is 6. The summed E-state index contributed by atoms with van der Waals surface area (Å²) in [6, 6.07) is 5.36. The summed E-state index contributed by atoms with van der Waals surface area (Å²) in [5.74, 6) is -0.686. The van der Waals surface area contributed by atoms with Crippen molar-refractivity contribution in [3.8, 4) is 0 Å². The molecule has 0 saturated carbocycles. The molecule has 3 rings (SSSR count). The van der Waals surface area contributed by atoms with Crippen molar-refractivity contribution in [1.29, 1.82) is 0 Å². The van der Waals surface area contributed by atoms with Crippen LogP contribution < -0.4 is 10.2 Å². The van der Waals surface area contributed by atoms with Crippen molar-refractivity contribution in [2.45, 2.75) is 50.6 Å². The maximum Gasteiger partial charge on any atom is 0.264 e. The van der Waals surface area contributed by atoms with Crippen LogP contribution in [0.1, 0.15) is 25.8 Å². The lowest BCUT2D eigenvalue weighted by molar-refractivity contribution is -0.146. The molecule has 2 aliphatic heterocycles. The van der Waals surface area contributed by atoms with Crippen molar-refractivity contribution in [2.24, 2.45) is 5.92 Å². The van der Waals surface area contributed by atoms with Crippen LogP contribution in [0.3, 0.4) is 0 Å². The van der Waals surface area contributed by atoms with Crippen molar-refractivity contribution in [2.75, 3.05) is 23.4 Å². The number of nitrogens with zero attached hydrogens (tertiary/aromatic N) is 1. The number of hydrogen-bond acceptors (Lipinski definition) is 5. The third kappa shape index (κ3) is 3.44. The van der Waals surface area contributed by atoms with Crippen molar-refractivity contribution in [3.63, 3.8) is 0 Å². The van der Waals surface area contributed by atoms with Gasteiger partial charge in [0.15, 0.2) is 13.9 Å². The minimum absolute atomic E-state index is 0.0855. The first-order chi connectivity index (χ1) is 13.6. The van der Waals surface area contributed by atoms with E-state index in [1.807, 2.05) is 26.1 Å². The number of ether oxygens (including phenoxy) is 1. The van der Waals surface area contributed by atoms with E-state index in [1.54, 1.807) is 23.1 Å². The quantitative estimate of drug-likeness (QED) is 0.487. The average Bonchev–Trinajstić information content (AvgIpc) is 3.03. The van der Waals surface area contributed by atoms with Gasteiger partial charge in [-0.3, -0.25) is 9.59 Å². The number of aliphatic hydroxyl groups is 1. The summed E-state index contributed by atoms with van der Waals surface area (Å²) in [6.45, 7) is 11.1. The van der Waals surface area contributed by atoms with E-state index < -0.39 is 20.0 Å². The van der Waals surface area contributed by atoms with Gasteiger partial charge >= 0.3 is 0 Å². The second-order valence-electron chi connectivity index (χ2n) is 8.49. The summed E-state index contributed by atoms with van der Waals surface area (Å²) >= 11 is 0. The summed E-state index contributed by atoms with van der Waals surface area (Å²) in [7, 11) is -2.71. The molecular formula is C21H30N2O5Si. The van der Waals surface area contributed by atoms with Gasteiger partial charge < -0.3 is 24.9 Å². The average molecular weight is 419 g/mol. The molecule has 1 saturated heterocycles. The van der Waals surface area contributed by atoms with Gasteiger partial charge in [0.25, 0.3) is 5.91 Å². The molecule has 29 heavy (non-hydrogen) atoms. The van der Waals surface area contributed by atoms with Crippen LogP contribution in [0.15, 0.2) is 30.9 Å². The van der Waals surface area contributed by atoms with Gasteiger partial charge in [-0.1, -0.05) is 13.0 Å². The predicted molar refractivity (Wildman–Crippen MR) is 114 cm³/mol. The zero-order valence-electron chi connectivity index (χ0n) is 17.4. The molecule has 4 atom stereocenters. The molecule has 0 aromatic heterocycles. The van der Waals surface area contributed by atoms with Crippen LogP contribution >= 0.6 is 0 Å². The van der Waals surface area contributed by atoms with Gasteiger partial charge in [0.2, 0.25) is 5.91 Å². The van der Waals surface area contributed by atoms with Gasteiger partial charge in [-0.05, 0) is 37.7 Å². The maximum absolute atomic E-state index is 13.7. The van der Waals surface area contributed by atoms with Gasteiger partial charge in [0, 0.05) is 42.8 Å². The Kier molecular flexibility index (Phi) is 5.75. The highest BCUT2D eigenvalue weighted by Gasteiger charge is 2.66. The highest BCUT2D eigenvalue weighted by Crippen LogP contribution is 2.59. The Hall–Kier alpha value is -2.00. The molecule has 8 heteroatoms. The Balaban J connectivity index is 2.19. The monoisotopic (exact) mass is 418 g/mol. The zero-order chi connectivity index (χ0) is 21.6. The summed E-state index contributed by atoms with van der Waals surface area (Å²) in [4.78, 5) is 37.9. The number of nitrogens with one attached hydrogen (secondary N) is 1. The number of aliphatic hydroxyl groups excluding tert-OH is 1. The highest BCUT2D eigenvalue weighted by molar-refractivity contribution is 6.71. The maximum atomic E-state index is 13.7. The lowest BCUT2D eigenvalue weighted by atomic mass is 9.82. The Bertz CT molecular complexity index is 837. The molecule has 1 aromatic rings. The van der Waals surface area contributed by atoms with E-state index in [0.717, 1.165) is 5.69 Å². The number of carbonyl (C=O) groups is 2. The molecule has 7 nitrogen and oxygen atoms in total. The van der Waals surface area contributed by atoms with Crippen LogP contribution in [-0.2, 0) is 19.9 Å². The van der Waals surface area contributed by atoms with Crippen molar-refractivity contribution >= 4 is 31.5 Å². The third-order valence-corrected chi connectivity index (χ3v) is 8.53. The molecule has 2 heterocycles. The number of benzene rings is 1. The van der Waals surface area contributed by atoms with Crippen molar-refractivity contribution in [1.82, 2.24) is 0 Å². The number of amides is 2. The molecule has 2 aliphatic rings. The molecule has 158 valence electrons. The van der Waals surface area contributed by atoms with E-state index in [0.29, 0.717) is 24.2 Å². The molecule has 1 spiro atoms. The van der Waals surface area contributed by atoms with Gasteiger partial charge in [0.1, 0.15) is 0 Å². The van der Waals surface area contributed by atoms with Gasteiger partial charge in [-0.2, -0.15) is 0 Å². The number of hydrogen-bond donors (Lipinski definition) is 3. The Morgan fingerprint density at radius 2 is 2.14 bits per heavy atom. The summed E-state index contributed by atoms with van der Waals surface area (Å²) in [5.41, 5.74) is 0.509. The van der Waals surface area contributed by atoms with Crippen LogP contribution in [0.5, 0.6) is 0 Å². The SMILES string of the molecule is C=CCN1C(=O)[C@@]2(O[C@@H](CCO)[C@H]([Si](C)(C)O)[C@H]2C)c2cc(NC(C)=O)ccc21. The van der Waals surface area contributed by atoms with Gasteiger partial charge in [0.05, 0.1) is 11.8 Å². The van der Waals surface area contributed by atoms with Crippen LogP contribution in [-0.4, -0.2) is 49.3 Å². The van der Waals surface area contributed by atoms with Gasteiger partial charge in [-0.15, -0.1) is 6.58 Å². The Morgan fingerprint density at radius 3 is 2.69 bits per heavy atom. The molecule has 1 aromatic carbocycles. The fourth-order valence-electron chi connectivity index (χ4n) is 5.07. The minimum atomic E-state index is -2.71. The summed E-state index contributed by atoms with van der Waals surface area (Å²) in [5, 5.41) is 12.3. The first kappa shape index (κ1) is 21.7. The van der Waals surface area contributed by atoms with E-state index in [9.17, 15) is 19.5 Å². The lowest BCUT2D eigenvalue weighted by Crippen LogP contribution is -2.46. The second kappa shape index (κ2) is 7.68. The van der Waals surface area contributed by atoms with Crippen LogP contribution in [0.4, 0.5) is 11.4 Å². The van der Waals surface area contributed by atoms with Crippen molar-refractivity contribution in [3.05, 3.63) is 36.4 Å². The highest BCUT2D eigenvalue weighted by atomic mass is 28.4. The van der Waals surface area contributed by atoms with E-state index in [2.05, 4.69) is 11.9 Å². The summed E-state index contributed by atoms with van der Waals surface area (Å²) < 4.78 is 6.45. The number of fused-ring (bicyclic) bond motifs is 2. The number of anilines is 2. The third-order valence-electron chi connectivity index (χ3n) is 6.03. The normalized spacial score (nSPS) is 28.7. The molecule has 0 aliphatic carbocycles. The van der Waals surface area contributed by atoms with Crippen LogP contribution in [0.25, 0.3) is 0 Å². The molecule has 1 fully saturated rings. The molecule has 3 N–H and O–H groups in total. The lowest BCUT2D eigenvalue weighted by Gasteiger charge is -2.32. The van der Waals surface area contributed by atoms with E-state index in [-0.39, 0.29) is 29.9 Å². The largest absolute Gasteiger partial charge is 0.432 e. The molecule has 0 bridgehead atoms. The first-order valence-corrected chi connectivity index (χ1v) is 13.0. The standard InChI is InChI=1S/C21H30N2O5Si/c1-6-10-23-17-8-7-15(22-14(3)25)12-16(17)21(20(23)26)13(2)19(29(4,5)27)18(28-21)9-11-24/h6-8,12-13,18-19,24,27H,1,9-11H2,2-5H3,(H,22,25)/t13-,18+,19-,21+/m1/s1. The van der Waals surface area contributed by atoms with Crippen molar-refractivity contribution < 1.29 is 24.2 Å². The molecule has 2 amide bonds. The van der Waals surface area contributed by atoms with E-state index in [4.69, 9.17) is 4.74 Å². The fourth-order valence-corrected chi connectivity index (χ4v) is 7.67. The predicted octanol–water partition coefficient (Wildman–Crippen LogP) is 2.36. The molecule has 0 radical (unpaired) electrons. The van der Waals surface area contributed by atoms with E-state index in [1.165, 1.54) is 6.92 Å². The van der Waals surface area contributed by atoms with Crippen LogP contribution in [0, 0.1) is 5.92 Å². The van der Waals surface area contributed by atoms with Crippen LogP contribution in [0.2, 0.25) is 18.6 Å². The number of carbonyl (C=O) groups excluding carboxylic acids is 2. The minimum Gasteiger partial charge on any atom is -0.432 e. The Morgan fingerprint density at radius 1 is 1.45 bits per heavy atom. The topological polar surface area (TPSA) is 99.1 Å². The zero-order valence-corrected chi connectivity index (χ0v) is 18.4. The fraction of sp³-hybridized carbons (Fsp3) is 0.524. The first-order valence-electron chi connectivity index (χ1n) is 9.94. The second-order valence-corrected chi connectivity index (χ2v) is 12.5. The van der Waals surface area contributed by atoms with E-state index >= 15 is 0 Å². The summed E-state index contributed by atoms with van der Waals surface area (Å²) in [6.07, 6.45) is 1.59. The van der Waals surface area contributed by atoms with Gasteiger partial charge in [-0.25, -0.2) is 0 Å². The molecule has 0 unspecified atom stereocenters.